The Morgan fingerprint density at radius 3 is 2.56 bits per heavy atom. The molecule has 0 saturated carbocycles. The van der Waals surface area contributed by atoms with Gasteiger partial charge in [0.25, 0.3) is 5.91 Å². The Balaban J connectivity index is 2.08. The molecule has 1 heterocycles. The van der Waals surface area contributed by atoms with Crippen molar-refractivity contribution in [2.24, 2.45) is 4.99 Å². The van der Waals surface area contributed by atoms with E-state index in [1.54, 1.807) is 7.11 Å². The van der Waals surface area contributed by atoms with Crippen molar-refractivity contribution in [3.05, 3.63) is 57.9 Å². The Morgan fingerprint density at radius 2 is 1.89 bits per heavy atom. The highest BCUT2D eigenvalue weighted by molar-refractivity contribution is 7.16. The third kappa shape index (κ3) is 4.46. The lowest BCUT2D eigenvalue weighted by molar-refractivity contribution is 0.0996. The third-order valence-corrected chi connectivity index (χ3v) is 5.26. The maximum absolute atomic E-state index is 12.8. The summed E-state index contributed by atoms with van der Waals surface area (Å²) in [5, 5.41) is 0. The Morgan fingerprint density at radius 1 is 1.15 bits per heavy atom. The highest BCUT2D eigenvalue weighted by atomic mass is 32.1. The maximum atomic E-state index is 12.8. The molecule has 0 bridgehead atoms. The van der Waals surface area contributed by atoms with Crippen LogP contribution < -0.4 is 9.54 Å². The van der Waals surface area contributed by atoms with E-state index in [2.05, 4.69) is 4.99 Å². The standard InChI is InChI=1S/C21H24N2O3S/c1-5-26-9-8-23-18-7-6-17(25-4)13-19(18)27-21(23)22-20(24)16-11-14(2)10-15(3)12-16/h6-7,10-13H,5,8-9H2,1-4H3. The van der Waals surface area contributed by atoms with Crippen molar-refractivity contribution in [1.82, 2.24) is 4.57 Å². The highest BCUT2D eigenvalue weighted by Crippen LogP contribution is 2.23. The third-order valence-electron chi connectivity index (χ3n) is 4.22. The van der Waals surface area contributed by atoms with Crippen LogP contribution in [-0.4, -0.2) is 30.8 Å². The molecule has 2 aromatic carbocycles. The number of methoxy groups -OCH3 is 1. The van der Waals surface area contributed by atoms with Crippen LogP contribution in [0.15, 0.2) is 41.4 Å². The quantitative estimate of drug-likeness (QED) is 0.601. The number of benzene rings is 2. The van der Waals surface area contributed by atoms with Gasteiger partial charge in [0.05, 0.1) is 23.9 Å². The van der Waals surface area contributed by atoms with Gasteiger partial charge in [-0.3, -0.25) is 4.79 Å². The lowest BCUT2D eigenvalue weighted by atomic mass is 10.1. The van der Waals surface area contributed by atoms with Crippen molar-refractivity contribution in [3.63, 3.8) is 0 Å². The average Bonchev–Trinajstić information content (AvgIpc) is 2.97. The SMILES string of the molecule is CCOCCn1c(=NC(=O)c2cc(C)cc(C)c2)sc2cc(OC)ccc21. The molecule has 1 aromatic heterocycles. The van der Waals surface area contributed by atoms with E-state index in [0.717, 1.165) is 27.1 Å². The first-order valence-corrected chi connectivity index (χ1v) is 9.76. The Bertz CT molecular complexity index is 1010. The van der Waals surface area contributed by atoms with Gasteiger partial charge in [-0.05, 0) is 51.1 Å². The zero-order valence-corrected chi connectivity index (χ0v) is 16.9. The number of fused-ring (bicyclic) bond motifs is 1. The fourth-order valence-corrected chi connectivity index (χ4v) is 4.11. The fourth-order valence-electron chi connectivity index (χ4n) is 3.03. The van der Waals surface area contributed by atoms with E-state index >= 15 is 0 Å². The molecule has 0 aliphatic heterocycles. The van der Waals surface area contributed by atoms with Gasteiger partial charge >= 0.3 is 0 Å². The van der Waals surface area contributed by atoms with Crippen LogP contribution in [0.4, 0.5) is 0 Å². The van der Waals surface area contributed by atoms with Crippen LogP contribution in [0, 0.1) is 13.8 Å². The van der Waals surface area contributed by atoms with Crippen LogP contribution in [0.5, 0.6) is 5.75 Å². The molecule has 5 nitrogen and oxygen atoms in total. The predicted molar refractivity (Wildman–Crippen MR) is 109 cm³/mol. The molecule has 0 aliphatic rings. The number of amides is 1. The molecule has 3 rings (SSSR count). The highest BCUT2D eigenvalue weighted by Gasteiger charge is 2.11. The predicted octanol–water partition coefficient (Wildman–Crippen LogP) is 4.11. The zero-order chi connectivity index (χ0) is 19.4. The lowest BCUT2D eigenvalue weighted by Crippen LogP contribution is -2.19. The van der Waals surface area contributed by atoms with Crippen LogP contribution in [0.25, 0.3) is 10.2 Å². The topological polar surface area (TPSA) is 52.8 Å². The molecule has 0 radical (unpaired) electrons. The second-order valence-corrected chi connectivity index (χ2v) is 7.37. The summed E-state index contributed by atoms with van der Waals surface area (Å²) in [7, 11) is 1.65. The van der Waals surface area contributed by atoms with E-state index in [1.165, 1.54) is 11.3 Å². The van der Waals surface area contributed by atoms with Gasteiger partial charge in [0.2, 0.25) is 0 Å². The number of thiazole rings is 1. The van der Waals surface area contributed by atoms with Crippen LogP contribution in [0.3, 0.4) is 0 Å². The number of rotatable bonds is 6. The van der Waals surface area contributed by atoms with Gasteiger partial charge in [-0.2, -0.15) is 4.99 Å². The summed E-state index contributed by atoms with van der Waals surface area (Å²) in [5.41, 5.74) is 3.74. The lowest BCUT2D eigenvalue weighted by Gasteiger charge is -2.06. The van der Waals surface area contributed by atoms with Gasteiger partial charge in [-0.25, -0.2) is 0 Å². The number of carbonyl (C=O) groups excluding carboxylic acids is 1. The molecule has 0 fully saturated rings. The molecule has 6 heteroatoms. The largest absolute Gasteiger partial charge is 0.497 e. The van der Waals surface area contributed by atoms with Gasteiger partial charge in [-0.15, -0.1) is 0 Å². The first-order chi connectivity index (χ1) is 13.0. The number of carbonyl (C=O) groups is 1. The Labute approximate surface area is 162 Å². The van der Waals surface area contributed by atoms with Gasteiger partial charge in [0.1, 0.15) is 5.75 Å². The summed E-state index contributed by atoms with van der Waals surface area (Å²) in [6, 6.07) is 11.7. The van der Waals surface area contributed by atoms with Gasteiger partial charge in [0, 0.05) is 18.7 Å². The van der Waals surface area contributed by atoms with Crippen molar-refractivity contribution in [2.45, 2.75) is 27.3 Å². The molecule has 0 spiro atoms. The zero-order valence-electron chi connectivity index (χ0n) is 16.1. The van der Waals surface area contributed by atoms with Crippen LogP contribution >= 0.6 is 11.3 Å². The summed E-state index contributed by atoms with van der Waals surface area (Å²) in [6.07, 6.45) is 0. The molecular weight excluding hydrogens is 360 g/mol. The number of hydrogen-bond donors (Lipinski definition) is 0. The minimum Gasteiger partial charge on any atom is -0.497 e. The molecule has 27 heavy (non-hydrogen) atoms. The molecular formula is C21H24N2O3S. The number of ether oxygens (including phenoxy) is 2. The monoisotopic (exact) mass is 384 g/mol. The number of aromatic nitrogens is 1. The molecule has 3 aromatic rings. The smallest absolute Gasteiger partial charge is 0.279 e. The van der Waals surface area contributed by atoms with Crippen LogP contribution in [-0.2, 0) is 11.3 Å². The summed E-state index contributed by atoms with van der Waals surface area (Å²) >= 11 is 1.48. The van der Waals surface area contributed by atoms with Crippen molar-refractivity contribution in [1.29, 1.82) is 0 Å². The number of aryl methyl sites for hydroxylation is 2. The van der Waals surface area contributed by atoms with Crippen molar-refractivity contribution >= 4 is 27.5 Å². The Hall–Kier alpha value is -2.44. The van der Waals surface area contributed by atoms with Crippen LogP contribution in [0.2, 0.25) is 0 Å². The van der Waals surface area contributed by atoms with E-state index in [-0.39, 0.29) is 5.91 Å². The van der Waals surface area contributed by atoms with E-state index in [1.807, 2.05) is 61.7 Å². The summed E-state index contributed by atoms with van der Waals surface area (Å²) in [4.78, 5) is 17.9. The second kappa shape index (κ2) is 8.50. The first kappa shape index (κ1) is 19.3. The van der Waals surface area contributed by atoms with E-state index < -0.39 is 0 Å². The van der Waals surface area contributed by atoms with Crippen LogP contribution in [0.1, 0.15) is 28.4 Å². The summed E-state index contributed by atoms with van der Waals surface area (Å²) in [5.74, 6) is 0.554. The summed E-state index contributed by atoms with van der Waals surface area (Å²) < 4.78 is 13.9. The number of nitrogens with zero attached hydrogens (tertiary/aromatic N) is 2. The first-order valence-electron chi connectivity index (χ1n) is 8.94. The number of hydrogen-bond acceptors (Lipinski definition) is 4. The second-order valence-electron chi connectivity index (χ2n) is 6.36. The fraction of sp³-hybridized carbons (Fsp3) is 0.333. The molecule has 1 amide bonds. The molecule has 0 N–H and O–H groups in total. The minimum atomic E-state index is -0.231. The minimum absolute atomic E-state index is 0.231. The normalized spacial score (nSPS) is 11.9. The molecule has 0 unspecified atom stereocenters. The van der Waals surface area contributed by atoms with Gasteiger partial charge in [0.15, 0.2) is 4.80 Å². The molecule has 0 atom stereocenters. The van der Waals surface area contributed by atoms with E-state index in [4.69, 9.17) is 9.47 Å². The molecule has 142 valence electrons. The van der Waals surface area contributed by atoms with Gasteiger partial charge < -0.3 is 14.0 Å². The van der Waals surface area contributed by atoms with Gasteiger partial charge in [-0.1, -0.05) is 28.5 Å². The Kier molecular flexibility index (Phi) is 6.08. The van der Waals surface area contributed by atoms with Crippen molar-refractivity contribution in [2.75, 3.05) is 20.3 Å². The maximum Gasteiger partial charge on any atom is 0.279 e. The van der Waals surface area contributed by atoms with Crippen molar-refractivity contribution in [3.8, 4) is 5.75 Å². The van der Waals surface area contributed by atoms with E-state index in [9.17, 15) is 4.79 Å². The van der Waals surface area contributed by atoms with E-state index in [0.29, 0.717) is 30.1 Å². The van der Waals surface area contributed by atoms with Crippen molar-refractivity contribution < 1.29 is 14.3 Å². The summed E-state index contributed by atoms with van der Waals surface area (Å²) in [6.45, 7) is 7.80. The average molecular weight is 385 g/mol. The molecule has 0 aliphatic carbocycles. The molecule has 0 saturated heterocycles.